The molecule has 13 heteroatoms. The molecule has 2 rings (SSSR count). The molecule has 302 valence electrons. The number of carbonyl (C=O) groups excluding carboxylic acids is 4. The molecule has 0 radical (unpaired) electrons. The molecular formula is C41H64N4O8S. The quantitative estimate of drug-likeness (QED) is 0.128. The van der Waals surface area contributed by atoms with Crippen LogP contribution in [0.1, 0.15) is 122 Å². The zero-order valence-electron chi connectivity index (χ0n) is 34.3. The number of aliphatic hydroxyl groups is 1. The second-order valence-corrected chi connectivity index (χ2v) is 17.3. The summed E-state index contributed by atoms with van der Waals surface area (Å²) in [4.78, 5) is 73.4. The molecule has 3 amide bonds. The van der Waals surface area contributed by atoms with E-state index in [-0.39, 0.29) is 54.4 Å². The van der Waals surface area contributed by atoms with Gasteiger partial charge in [0.05, 0.1) is 12.0 Å². The lowest BCUT2D eigenvalue weighted by Gasteiger charge is -2.37. The SMILES string of the molecule is CC[C@H](C)[C@H](CC(=O)[C@@H](C(C)C)N(C)C(=O)OC(C)(C)C)C(=O)N(C)[C@H](C[C@@H](O)c1nc(C(=O)N[C@@H](Cc2ccccc2)C[C@H](C)C(=O)O)cs1)C(C)C. The predicted octanol–water partition coefficient (Wildman–Crippen LogP) is 7.01. The van der Waals surface area contributed by atoms with Gasteiger partial charge in [0.25, 0.3) is 5.91 Å². The number of carboxylic acids is 1. The van der Waals surface area contributed by atoms with E-state index in [0.29, 0.717) is 17.8 Å². The molecule has 12 nitrogen and oxygen atoms in total. The number of thiazole rings is 1. The Balaban J connectivity index is 2.24. The van der Waals surface area contributed by atoms with Crippen molar-refractivity contribution in [2.45, 2.75) is 131 Å². The van der Waals surface area contributed by atoms with E-state index in [4.69, 9.17) is 4.74 Å². The summed E-state index contributed by atoms with van der Waals surface area (Å²) in [6, 6.07) is 7.85. The van der Waals surface area contributed by atoms with Crippen LogP contribution in [-0.4, -0.2) is 92.5 Å². The number of likely N-dealkylation sites (N-methyl/N-ethyl adjacent to an activating group) is 1. The van der Waals surface area contributed by atoms with Gasteiger partial charge < -0.3 is 30.1 Å². The highest BCUT2D eigenvalue weighted by Crippen LogP contribution is 2.31. The Bertz CT molecular complexity index is 1540. The van der Waals surface area contributed by atoms with Gasteiger partial charge >= 0.3 is 12.1 Å². The van der Waals surface area contributed by atoms with E-state index in [1.807, 2.05) is 71.9 Å². The van der Waals surface area contributed by atoms with E-state index in [2.05, 4.69) is 10.3 Å². The minimum absolute atomic E-state index is 0.0526. The lowest BCUT2D eigenvalue weighted by Crippen LogP contribution is -2.50. The van der Waals surface area contributed by atoms with Crippen molar-refractivity contribution in [1.29, 1.82) is 0 Å². The number of aliphatic hydroxyl groups excluding tert-OH is 1. The van der Waals surface area contributed by atoms with Gasteiger partial charge in [-0.25, -0.2) is 9.78 Å². The van der Waals surface area contributed by atoms with Crippen molar-refractivity contribution in [3.63, 3.8) is 0 Å². The average Bonchev–Trinajstić information content (AvgIpc) is 3.59. The van der Waals surface area contributed by atoms with Crippen molar-refractivity contribution in [3.05, 3.63) is 52.0 Å². The third-order valence-electron chi connectivity index (χ3n) is 9.97. The van der Waals surface area contributed by atoms with Crippen LogP contribution in [0.3, 0.4) is 0 Å². The summed E-state index contributed by atoms with van der Waals surface area (Å²) in [5.41, 5.74) is 0.345. The molecule has 0 saturated heterocycles. The maximum Gasteiger partial charge on any atom is 0.410 e. The molecule has 3 N–H and O–H groups in total. The number of Topliss-reactive ketones (excluding diaryl/α,β-unsaturated/α-hetero) is 1. The first kappa shape index (κ1) is 46.3. The van der Waals surface area contributed by atoms with Crippen LogP contribution in [0.15, 0.2) is 35.7 Å². The molecule has 0 saturated carbocycles. The number of carbonyl (C=O) groups is 5. The molecule has 2 aromatic rings. The normalized spacial score (nSPS) is 15.8. The molecule has 0 bridgehead atoms. The molecule has 1 aromatic carbocycles. The summed E-state index contributed by atoms with van der Waals surface area (Å²) < 4.78 is 5.54. The fraction of sp³-hybridized carbons (Fsp3) is 0.659. The first-order valence-corrected chi connectivity index (χ1v) is 19.9. The fourth-order valence-electron chi connectivity index (χ4n) is 6.69. The molecule has 1 aromatic heterocycles. The van der Waals surface area contributed by atoms with Crippen LogP contribution >= 0.6 is 11.3 Å². The minimum atomic E-state index is -1.08. The lowest BCUT2D eigenvalue weighted by atomic mass is 9.82. The molecule has 0 aliphatic rings. The summed E-state index contributed by atoms with van der Waals surface area (Å²) in [6.45, 7) is 18.5. The summed E-state index contributed by atoms with van der Waals surface area (Å²) in [5, 5.41) is 25.7. The number of nitrogens with zero attached hydrogens (tertiary/aromatic N) is 3. The maximum atomic E-state index is 14.3. The standard InChI is InChI=1S/C41H64N4O8S/c1-13-26(6)30(21-33(46)35(25(4)5)45(12)40(52)53-41(8,9)10)38(49)44(11)32(24(2)3)22-34(47)37-43-31(23-54-37)36(48)42-29(19-27(7)39(50)51)20-28-17-15-14-16-18-28/h14-18,23-27,29-30,32,34-35,47H,13,19-22H2,1-12H3,(H,42,48)(H,50,51)/t26-,27-,29+,30-,32+,34+,35+/m0/s1. The molecule has 54 heavy (non-hydrogen) atoms. The molecule has 0 aliphatic heterocycles. The number of aliphatic carboxylic acids is 1. The molecule has 1 heterocycles. The number of rotatable bonds is 20. The Morgan fingerprint density at radius 3 is 2.06 bits per heavy atom. The van der Waals surface area contributed by atoms with Gasteiger partial charge in [0.2, 0.25) is 5.91 Å². The zero-order chi connectivity index (χ0) is 41.1. The van der Waals surface area contributed by atoms with E-state index in [1.165, 1.54) is 4.90 Å². The van der Waals surface area contributed by atoms with E-state index in [9.17, 15) is 34.2 Å². The van der Waals surface area contributed by atoms with Crippen LogP contribution in [0, 0.1) is 29.6 Å². The first-order chi connectivity index (χ1) is 25.1. The first-order valence-electron chi connectivity index (χ1n) is 19.0. The molecule has 0 aliphatic carbocycles. The topological polar surface area (TPSA) is 166 Å². The highest BCUT2D eigenvalue weighted by atomic mass is 32.1. The Kier molecular flexibility index (Phi) is 17.8. The number of ether oxygens (including phenoxy) is 1. The smallest absolute Gasteiger partial charge is 0.410 e. The van der Waals surface area contributed by atoms with Crippen molar-refractivity contribution in [2.24, 2.45) is 29.6 Å². The molecule has 7 atom stereocenters. The largest absolute Gasteiger partial charge is 0.481 e. The zero-order valence-corrected chi connectivity index (χ0v) is 35.1. The maximum absolute atomic E-state index is 14.3. The molecule has 0 unspecified atom stereocenters. The Morgan fingerprint density at radius 1 is 0.926 bits per heavy atom. The number of nitrogens with one attached hydrogen (secondary N) is 1. The van der Waals surface area contributed by atoms with Gasteiger partial charge in [-0.3, -0.25) is 19.2 Å². The van der Waals surface area contributed by atoms with Gasteiger partial charge in [0, 0.05) is 50.3 Å². The number of amides is 3. The summed E-state index contributed by atoms with van der Waals surface area (Å²) in [7, 11) is 3.24. The van der Waals surface area contributed by atoms with Gasteiger partial charge in [-0.2, -0.15) is 0 Å². The summed E-state index contributed by atoms with van der Waals surface area (Å²) >= 11 is 1.14. The van der Waals surface area contributed by atoms with E-state index in [0.717, 1.165) is 16.9 Å². The monoisotopic (exact) mass is 772 g/mol. The fourth-order valence-corrected chi connectivity index (χ4v) is 7.49. The predicted molar refractivity (Wildman–Crippen MR) is 211 cm³/mol. The Hall–Kier alpha value is -3.84. The van der Waals surface area contributed by atoms with E-state index in [1.54, 1.807) is 52.1 Å². The second-order valence-electron chi connectivity index (χ2n) is 16.4. The number of benzene rings is 1. The number of ketones is 1. The van der Waals surface area contributed by atoms with Crippen molar-refractivity contribution in [1.82, 2.24) is 20.1 Å². The number of carboxylic acid groups (broad SMARTS) is 1. The third-order valence-corrected chi connectivity index (χ3v) is 10.9. The number of aromatic nitrogens is 1. The van der Waals surface area contributed by atoms with Gasteiger partial charge in [0.15, 0.2) is 5.78 Å². The highest BCUT2D eigenvalue weighted by Gasteiger charge is 2.39. The third kappa shape index (κ3) is 13.8. The van der Waals surface area contributed by atoms with Crippen LogP contribution in [0.5, 0.6) is 0 Å². The van der Waals surface area contributed by atoms with Crippen molar-refractivity contribution in [2.75, 3.05) is 14.1 Å². The van der Waals surface area contributed by atoms with Crippen molar-refractivity contribution in [3.8, 4) is 0 Å². The van der Waals surface area contributed by atoms with Gasteiger partial charge in [0.1, 0.15) is 22.4 Å². The van der Waals surface area contributed by atoms with Crippen LogP contribution in [0.25, 0.3) is 0 Å². The summed E-state index contributed by atoms with van der Waals surface area (Å²) in [6.07, 6.45) is -0.249. The van der Waals surface area contributed by atoms with Crippen molar-refractivity contribution >= 4 is 41.0 Å². The minimum Gasteiger partial charge on any atom is -0.481 e. The van der Waals surface area contributed by atoms with E-state index < -0.39 is 59.6 Å². The van der Waals surface area contributed by atoms with Gasteiger partial charge in [-0.05, 0) is 56.9 Å². The lowest BCUT2D eigenvalue weighted by molar-refractivity contribution is -0.143. The molecular weight excluding hydrogens is 709 g/mol. The van der Waals surface area contributed by atoms with Gasteiger partial charge in [-0.15, -0.1) is 11.3 Å². The Morgan fingerprint density at radius 2 is 1.54 bits per heavy atom. The molecule has 0 spiro atoms. The highest BCUT2D eigenvalue weighted by molar-refractivity contribution is 7.09. The van der Waals surface area contributed by atoms with Crippen molar-refractivity contribution < 1.29 is 38.9 Å². The van der Waals surface area contributed by atoms with Crippen LogP contribution in [0.2, 0.25) is 0 Å². The molecule has 0 fully saturated rings. The number of hydrogen-bond donors (Lipinski definition) is 3. The van der Waals surface area contributed by atoms with E-state index >= 15 is 0 Å². The second kappa shape index (κ2) is 20.7. The van der Waals surface area contributed by atoms with Crippen LogP contribution in [0.4, 0.5) is 4.79 Å². The number of hydrogen-bond acceptors (Lipinski definition) is 9. The Labute approximate surface area is 326 Å². The van der Waals surface area contributed by atoms with Crippen LogP contribution < -0.4 is 5.32 Å². The van der Waals surface area contributed by atoms with Crippen LogP contribution in [-0.2, 0) is 25.5 Å². The van der Waals surface area contributed by atoms with Gasteiger partial charge in [-0.1, -0.05) is 85.2 Å². The summed E-state index contributed by atoms with van der Waals surface area (Å²) in [5.74, 6) is -3.59. The average molecular weight is 773 g/mol.